The van der Waals surface area contributed by atoms with E-state index in [-0.39, 0.29) is 12.5 Å². The minimum atomic E-state index is -0.460. The molecule has 2 aromatic carbocycles. The van der Waals surface area contributed by atoms with Gasteiger partial charge in [-0.15, -0.1) is 0 Å². The number of fused-ring (bicyclic) bond motifs is 1. The van der Waals surface area contributed by atoms with Gasteiger partial charge < -0.3 is 24.8 Å². The van der Waals surface area contributed by atoms with E-state index in [1.165, 1.54) is 19.2 Å². The summed E-state index contributed by atoms with van der Waals surface area (Å²) in [5.41, 5.74) is 1.27. The van der Waals surface area contributed by atoms with Gasteiger partial charge in [-0.2, -0.15) is 0 Å². The summed E-state index contributed by atoms with van der Waals surface area (Å²) in [6, 6.07) is 9.91. The average Bonchev–Trinajstić information content (AvgIpc) is 2.95. The van der Waals surface area contributed by atoms with Crippen molar-refractivity contribution >= 4 is 28.7 Å². The molecule has 1 aliphatic heterocycles. The molecular formula is C15H13FN2O3S. The van der Waals surface area contributed by atoms with Crippen molar-refractivity contribution in [2.24, 2.45) is 0 Å². The second kappa shape index (κ2) is 6.07. The average molecular weight is 320 g/mol. The summed E-state index contributed by atoms with van der Waals surface area (Å²) in [6.07, 6.45) is 0. The lowest BCUT2D eigenvalue weighted by Gasteiger charge is -2.11. The van der Waals surface area contributed by atoms with Crippen LogP contribution in [0.4, 0.5) is 15.8 Å². The first-order valence-corrected chi connectivity index (χ1v) is 6.88. The van der Waals surface area contributed by atoms with Crippen molar-refractivity contribution < 1.29 is 18.6 Å². The van der Waals surface area contributed by atoms with Crippen molar-refractivity contribution in [1.82, 2.24) is 0 Å². The standard InChI is InChI=1S/C15H13FN2O3S/c1-19-12-4-2-9(6-11(12)16)17-15(22)18-10-3-5-13-14(7-10)21-8-20-13/h2-7H,8H2,1H3,(H2,17,18,22). The van der Waals surface area contributed by atoms with Crippen LogP contribution in [0.25, 0.3) is 0 Å². The maximum absolute atomic E-state index is 13.6. The molecule has 0 saturated heterocycles. The zero-order chi connectivity index (χ0) is 15.5. The maximum Gasteiger partial charge on any atom is 0.231 e. The molecule has 1 heterocycles. The fourth-order valence-corrected chi connectivity index (χ4v) is 2.25. The zero-order valence-corrected chi connectivity index (χ0v) is 12.5. The van der Waals surface area contributed by atoms with Gasteiger partial charge in [0.1, 0.15) is 0 Å². The molecule has 0 aliphatic carbocycles. The van der Waals surface area contributed by atoms with Gasteiger partial charge in [0, 0.05) is 23.5 Å². The highest BCUT2D eigenvalue weighted by Gasteiger charge is 2.13. The molecule has 22 heavy (non-hydrogen) atoms. The van der Waals surface area contributed by atoms with E-state index >= 15 is 0 Å². The van der Waals surface area contributed by atoms with Crippen LogP contribution in [0.15, 0.2) is 36.4 Å². The maximum atomic E-state index is 13.6. The van der Waals surface area contributed by atoms with E-state index in [2.05, 4.69) is 10.6 Å². The Balaban J connectivity index is 1.66. The summed E-state index contributed by atoms with van der Waals surface area (Å²) in [6.45, 7) is 0.215. The number of thiocarbonyl (C=S) groups is 1. The Morgan fingerprint density at radius 1 is 1.09 bits per heavy atom. The van der Waals surface area contributed by atoms with Crippen molar-refractivity contribution in [1.29, 1.82) is 0 Å². The van der Waals surface area contributed by atoms with Gasteiger partial charge in [0.15, 0.2) is 28.2 Å². The van der Waals surface area contributed by atoms with Crippen LogP contribution in [-0.4, -0.2) is 19.0 Å². The number of benzene rings is 2. The van der Waals surface area contributed by atoms with Gasteiger partial charge >= 0.3 is 0 Å². The van der Waals surface area contributed by atoms with E-state index in [1.807, 2.05) is 6.07 Å². The van der Waals surface area contributed by atoms with Gasteiger partial charge in [-0.05, 0) is 36.5 Å². The van der Waals surface area contributed by atoms with Crippen LogP contribution >= 0.6 is 12.2 Å². The molecule has 0 spiro atoms. The van der Waals surface area contributed by atoms with Gasteiger partial charge in [0.05, 0.1) is 7.11 Å². The number of halogens is 1. The molecule has 114 valence electrons. The van der Waals surface area contributed by atoms with Crippen molar-refractivity contribution in [2.45, 2.75) is 0 Å². The van der Waals surface area contributed by atoms with Gasteiger partial charge in [0.25, 0.3) is 0 Å². The molecule has 0 aromatic heterocycles. The lowest BCUT2D eigenvalue weighted by Crippen LogP contribution is -2.19. The predicted molar refractivity (Wildman–Crippen MR) is 85.4 cm³/mol. The first-order chi connectivity index (χ1) is 10.7. The Morgan fingerprint density at radius 2 is 1.77 bits per heavy atom. The van der Waals surface area contributed by atoms with Gasteiger partial charge in [-0.3, -0.25) is 0 Å². The molecule has 0 amide bonds. The topological polar surface area (TPSA) is 51.8 Å². The smallest absolute Gasteiger partial charge is 0.231 e. The van der Waals surface area contributed by atoms with E-state index in [1.54, 1.807) is 18.2 Å². The SMILES string of the molecule is COc1ccc(NC(=S)Nc2ccc3c(c2)OCO3)cc1F. The third-order valence-corrected chi connectivity index (χ3v) is 3.24. The number of ether oxygens (including phenoxy) is 3. The van der Waals surface area contributed by atoms with Crippen LogP contribution < -0.4 is 24.8 Å². The first-order valence-electron chi connectivity index (χ1n) is 6.47. The highest BCUT2D eigenvalue weighted by molar-refractivity contribution is 7.80. The molecule has 0 saturated carbocycles. The van der Waals surface area contributed by atoms with E-state index in [4.69, 9.17) is 26.4 Å². The number of hydrogen-bond donors (Lipinski definition) is 2. The van der Waals surface area contributed by atoms with E-state index in [0.29, 0.717) is 22.3 Å². The summed E-state index contributed by atoms with van der Waals surface area (Å²) in [5.74, 6) is 1.07. The number of rotatable bonds is 3. The molecule has 7 heteroatoms. The normalized spacial score (nSPS) is 11.9. The van der Waals surface area contributed by atoms with Crippen LogP contribution in [0.3, 0.4) is 0 Å². The largest absolute Gasteiger partial charge is 0.494 e. The third kappa shape index (κ3) is 3.04. The summed E-state index contributed by atoms with van der Waals surface area (Å²) in [7, 11) is 1.41. The predicted octanol–water partition coefficient (Wildman–Crippen LogP) is 3.37. The lowest BCUT2D eigenvalue weighted by molar-refractivity contribution is 0.174. The molecule has 0 unspecified atom stereocenters. The van der Waals surface area contributed by atoms with Crippen LogP contribution in [0.2, 0.25) is 0 Å². The van der Waals surface area contributed by atoms with Crippen molar-refractivity contribution in [3.63, 3.8) is 0 Å². The molecular weight excluding hydrogens is 307 g/mol. The summed E-state index contributed by atoms with van der Waals surface area (Å²) >= 11 is 5.20. The molecule has 0 radical (unpaired) electrons. The monoisotopic (exact) mass is 320 g/mol. The second-order valence-corrected chi connectivity index (χ2v) is 4.90. The molecule has 0 bridgehead atoms. The Morgan fingerprint density at radius 3 is 2.50 bits per heavy atom. The summed E-state index contributed by atoms with van der Waals surface area (Å²) in [4.78, 5) is 0. The summed E-state index contributed by atoms with van der Waals surface area (Å²) < 4.78 is 29.0. The molecule has 0 fully saturated rings. The molecule has 2 N–H and O–H groups in total. The number of nitrogens with one attached hydrogen (secondary N) is 2. The van der Waals surface area contributed by atoms with Crippen LogP contribution in [0.5, 0.6) is 17.2 Å². The van der Waals surface area contributed by atoms with Crippen molar-refractivity contribution in [3.8, 4) is 17.2 Å². The lowest BCUT2D eigenvalue weighted by atomic mass is 10.3. The second-order valence-electron chi connectivity index (χ2n) is 4.50. The van der Waals surface area contributed by atoms with Crippen LogP contribution in [0.1, 0.15) is 0 Å². The van der Waals surface area contributed by atoms with Gasteiger partial charge in [-0.1, -0.05) is 0 Å². The van der Waals surface area contributed by atoms with Crippen LogP contribution in [-0.2, 0) is 0 Å². The Kier molecular flexibility index (Phi) is 3.97. The molecule has 2 aromatic rings. The zero-order valence-electron chi connectivity index (χ0n) is 11.7. The summed E-state index contributed by atoms with van der Waals surface area (Å²) in [5, 5.41) is 6.24. The van der Waals surface area contributed by atoms with Crippen molar-refractivity contribution in [2.75, 3.05) is 24.5 Å². The fraction of sp³-hybridized carbons (Fsp3) is 0.133. The molecule has 5 nitrogen and oxygen atoms in total. The highest BCUT2D eigenvalue weighted by atomic mass is 32.1. The Bertz CT molecular complexity index is 724. The Hall–Kier alpha value is -2.54. The Labute approximate surface area is 132 Å². The first kappa shape index (κ1) is 14.4. The van der Waals surface area contributed by atoms with E-state index < -0.39 is 5.82 Å². The van der Waals surface area contributed by atoms with Gasteiger partial charge in [0.2, 0.25) is 6.79 Å². The fourth-order valence-electron chi connectivity index (χ4n) is 2.01. The van der Waals surface area contributed by atoms with Gasteiger partial charge in [-0.25, -0.2) is 4.39 Å². The molecule has 0 atom stereocenters. The third-order valence-electron chi connectivity index (χ3n) is 3.04. The van der Waals surface area contributed by atoms with Crippen LogP contribution in [0, 0.1) is 5.82 Å². The van der Waals surface area contributed by atoms with Crippen molar-refractivity contribution in [3.05, 3.63) is 42.2 Å². The number of anilines is 2. The highest BCUT2D eigenvalue weighted by Crippen LogP contribution is 2.34. The van der Waals surface area contributed by atoms with E-state index in [0.717, 1.165) is 5.69 Å². The number of methoxy groups -OCH3 is 1. The minimum Gasteiger partial charge on any atom is -0.494 e. The molecule has 1 aliphatic rings. The quantitative estimate of drug-likeness (QED) is 0.846. The minimum absolute atomic E-state index is 0.181. The molecule has 3 rings (SSSR count). The number of hydrogen-bond acceptors (Lipinski definition) is 4. The van der Waals surface area contributed by atoms with E-state index in [9.17, 15) is 4.39 Å².